The van der Waals surface area contributed by atoms with Crippen molar-refractivity contribution in [3.05, 3.63) is 68.1 Å². The van der Waals surface area contributed by atoms with Gasteiger partial charge in [0.25, 0.3) is 0 Å². The predicted molar refractivity (Wildman–Crippen MR) is 90.6 cm³/mol. The molecule has 0 bridgehead atoms. The minimum atomic E-state index is 0.198. The van der Waals surface area contributed by atoms with Gasteiger partial charge in [-0.1, -0.05) is 52.7 Å². The molecular formula is C17H19BrClN. The normalized spacial score (nSPS) is 12.4. The monoisotopic (exact) mass is 351 g/mol. The second-order valence-electron chi connectivity index (χ2n) is 5.00. The van der Waals surface area contributed by atoms with Crippen molar-refractivity contribution in [3.8, 4) is 0 Å². The standard InChI is InChI=1S/C17H19BrClN/c1-4-20-17(13-5-7-14(18)8-6-13)15-9-12(3)16(19)10-11(15)2/h5-10,17,20H,4H2,1-3H3. The first-order valence-corrected chi connectivity index (χ1v) is 7.95. The van der Waals surface area contributed by atoms with E-state index >= 15 is 0 Å². The Labute approximate surface area is 134 Å². The molecule has 0 amide bonds. The lowest BCUT2D eigenvalue weighted by Gasteiger charge is -2.22. The van der Waals surface area contributed by atoms with E-state index in [1.807, 2.05) is 0 Å². The van der Waals surface area contributed by atoms with Crippen LogP contribution in [0.5, 0.6) is 0 Å². The van der Waals surface area contributed by atoms with Crippen LogP contribution < -0.4 is 5.32 Å². The van der Waals surface area contributed by atoms with Gasteiger partial charge in [0, 0.05) is 9.50 Å². The van der Waals surface area contributed by atoms with E-state index in [9.17, 15) is 0 Å². The van der Waals surface area contributed by atoms with E-state index in [2.05, 4.69) is 78.4 Å². The van der Waals surface area contributed by atoms with Gasteiger partial charge in [-0.15, -0.1) is 0 Å². The van der Waals surface area contributed by atoms with Crippen molar-refractivity contribution in [2.75, 3.05) is 6.54 Å². The quantitative estimate of drug-likeness (QED) is 0.775. The van der Waals surface area contributed by atoms with Crippen molar-refractivity contribution in [1.29, 1.82) is 0 Å². The summed E-state index contributed by atoms with van der Waals surface area (Å²) >= 11 is 9.70. The van der Waals surface area contributed by atoms with Crippen molar-refractivity contribution in [1.82, 2.24) is 5.32 Å². The molecule has 2 aromatic carbocycles. The van der Waals surface area contributed by atoms with Gasteiger partial charge >= 0.3 is 0 Å². The number of nitrogens with one attached hydrogen (secondary N) is 1. The fourth-order valence-corrected chi connectivity index (χ4v) is 2.86. The SMILES string of the molecule is CCNC(c1ccc(Br)cc1)c1cc(C)c(Cl)cc1C. The highest BCUT2D eigenvalue weighted by molar-refractivity contribution is 9.10. The van der Waals surface area contributed by atoms with Gasteiger partial charge in [-0.25, -0.2) is 0 Å². The molecule has 1 nitrogen and oxygen atoms in total. The van der Waals surface area contributed by atoms with Crippen molar-refractivity contribution in [2.24, 2.45) is 0 Å². The highest BCUT2D eigenvalue weighted by Crippen LogP contribution is 2.29. The largest absolute Gasteiger partial charge is 0.307 e. The fourth-order valence-electron chi connectivity index (χ4n) is 2.38. The summed E-state index contributed by atoms with van der Waals surface area (Å²) in [5, 5.41) is 4.39. The lowest BCUT2D eigenvalue weighted by molar-refractivity contribution is 0.627. The Bertz CT molecular complexity index is 593. The Hall–Kier alpha value is -0.830. The number of rotatable bonds is 4. The van der Waals surface area contributed by atoms with Gasteiger partial charge in [0.05, 0.1) is 6.04 Å². The first-order valence-electron chi connectivity index (χ1n) is 6.78. The van der Waals surface area contributed by atoms with E-state index in [4.69, 9.17) is 11.6 Å². The van der Waals surface area contributed by atoms with Crippen LogP contribution in [0.2, 0.25) is 5.02 Å². The highest BCUT2D eigenvalue weighted by Gasteiger charge is 2.16. The molecule has 0 aromatic heterocycles. The van der Waals surface area contributed by atoms with Gasteiger partial charge in [0.2, 0.25) is 0 Å². The van der Waals surface area contributed by atoms with Crippen LogP contribution in [0.15, 0.2) is 40.9 Å². The number of hydrogen-bond acceptors (Lipinski definition) is 1. The molecule has 1 N–H and O–H groups in total. The molecule has 2 rings (SSSR count). The summed E-state index contributed by atoms with van der Waals surface area (Å²) in [6, 6.07) is 12.9. The highest BCUT2D eigenvalue weighted by atomic mass is 79.9. The molecule has 0 saturated carbocycles. The van der Waals surface area contributed by atoms with Crippen LogP contribution in [0.3, 0.4) is 0 Å². The van der Waals surface area contributed by atoms with Crippen molar-refractivity contribution in [2.45, 2.75) is 26.8 Å². The maximum Gasteiger partial charge on any atom is 0.0579 e. The number of aryl methyl sites for hydroxylation is 2. The molecule has 0 aliphatic carbocycles. The summed E-state index contributed by atoms with van der Waals surface area (Å²) in [6.07, 6.45) is 0. The first-order chi connectivity index (χ1) is 9.52. The smallest absolute Gasteiger partial charge is 0.0579 e. The second-order valence-corrected chi connectivity index (χ2v) is 6.32. The van der Waals surface area contributed by atoms with Gasteiger partial charge in [-0.3, -0.25) is 0 Å². The molecule has 0 aliphatic rings. The minimum Gasteiger partial charge on any atom is -0.307 e. The third-order valence-corrected chi connectivity index (χ3v) is 4.41. The van der Waals surface area contributed by atoms with Crippen LogP contribution in [-0.4, -0.2) is 6.54 Å². The number of benzene rings is 2. The summed E-state index contributed by atoms with van der Waals surface area (Å²) in [6.45, 7) is 7.21. The Morgan fingerprint density at radius 2 is 1.75 bits per heavy atom. The molecule has 3 heteroatoms. The van der Waals surface area contributed by atoms with E-state index < -0.39 is 0 Å². The third-order valence-electron chi connectivity index (χ3n) is 3.47. The van der Waals surface area contributed by atoms with Crippen LogP contribution >= 0.6 is 27.5 Å². The molecule has 0 saturated heterocycles. The van der Waals surface area contributed by atoms with E-state index in [1.54, 1.807) is 0 Å². The van der Waals surface area contributed by atoms with E-state index in [1.165, 1.54) is 16.7 Å². The molecule has 0 fully saturated rings. The van der Waals surface area contributed by atoms with Crippen LogP contribution in [0.25, 0.3) is 0 Å². The Kier molecular flexibility index (Phi) is 5.25. The van der Waals surface area contributed by atoms with Gasteiger partial charge in [-0.05, 0) is 60.8 Å². The van der Waals surface area contributed by atoms with Crippen LogP contribution in [0.1, 0.15) is 35.2 Å². The second kappa shape index (κ2) is 6.75. The zero-order chi connectivity index (χ0) is 14.7. The van der Waals surface area contributed by atoms with Crippen molar-refractivity contribution < 1.29 is 0 Å². The topological polar surface area (TPSA) is 12.0 Å². The Morgan fingerprint density at radius 1 is 1.10 bits per heavy atom. The molecule has 0 spiro atoms. The lowest BCUT2D eigenvalue weighted by Crippen LogP contribution is -2.22. The lowest BCUT2D eigenvalue weighted by atomic mass is 9.93. The molecule has 1 unspecified atom stereocenters. The summed E-state index contributed by atoms with van der Waals surface area (Å²) in [5.41, 5.74) is 4.89. The zero-order valence-electron chi connectivity index (χ0n) is 12.0. The molecular weight excluding hydrogens is 334 g/mol. The predicted octanol–water partition coefficient (Wildman–Crippen LogP) is 5.42. The Balaban J connectivity index is 2.48. The summed E-state index contributed by atoms with van der Waals surface area (Å²) < 4.78 is 1.10. The summed E-state index contributed by atoms with van der Waals surface area (Å²) in [5.74, 6) is 0. The van der Waals surface area contributed by atoms with Crippen molar-refractivity contribution >= 4 is 27.5 Å². The molecule has 0 radical (unpaired) electrons. The summed E-state index contributed by atoms with van der Waals surface area (Å²) in [7, 11) is 0. The molecule has 0 aliphatic heterocycles. The van der Waals surface area contributed by atoms with Gasteiger partial charge in [0.15, 0.2) is 0 Å². The average Bonchev–Trinajstić information content (AvgIpc) is 2.42. The van der Waals surface area contributed by atoms with Crippen molar-refractivity contribution in [3.63, 3.8) is 0 Å². The number of hydrogen-bond donors (Lipinski definition) is 1. The molecule has 2 aromatic rings. The average molecular weight is 353 g/mol. The fraction of sp³-hybridized carbons (Fsp3) is 0.294. The molecule has 1 atom stereocenters. The van der Waals surface area contributed by atoms with Gasteiger partial charge < -0.3 is 5.32 Å². The maximum atomic E-state index is 6.21. The minimum absolute atomic E-state index is 0.198. The van der Waals surface area contributed by atoms with Gasteiger partial charge in [0.1, 0.15) is 0 Å². The maximum absolute atomic E-state index is 6.21. The molecule has 0 heterocycles. The van der Waals surface area contributed by atoms with E-state index in [-0.39, 0.29) is 6.04 Å². The van der Waals surface area contributed by atoms with E-state index in [0.29, 0.717) is 0 Å². The van der Waals surface area contributed by atoms with E-state index in [0.717, 1.165) is 21.6 Å². The molecule has 20 heavy (non-hydrogen) atoms. The number of halogens is 2. The zero-order valence-corrected chi connectivity index (χ0v) is 14.3. The third kappa shape index (κ3) is 3.43. The Morgan fingerprint density at radius 3 is 2.35 bits per heavy atom. The van der Waals surface area contributed by atoms with Crippen LogP contribution in [0.4, 0.5) is 0 Å². The molecule has 106 valence electrons. The van der Waals surface area contributed by atoms with Gasteiger partial charge in [-0.2, -0.15) is 0 Å². The first kappa shape index (κ1) is 15.6. The van der Waals surface area contributed by atoms with Crippen LogP contribution in [0, 0.1) is 13.8 Å². The van der Waals surface area contributed by atoms with Crippen LogP contribution in [-0.2, 0) is 0 Å². The summed E-state index contributed by atoms with van der Waals surface area (Å²) in [4.78, 5) is 0.